The number of ether oxygens (including phenoxy) is 3. The number of aliphatic hydroxyl groups excluding tert-OH is 1. The highest BCUT2D eigenvalue weighted by Gasteiger charge is 2.28. The van der Waals surface area contributed by atoms with Gasteiger partial charge in [0.2, 0.25) is 0 Å². The van der Waals surface area contributed by atoms with Gasteiger partial charge in [-0.1, -0.05) is 229 Å². The van der Waals surface area contributed by atoms with E-state index in [2.05, 4.69) is 179 Å². The van der Waals surface area contributed by atoms with Crippen LogP contribution >= 0.6 is 7.82 Å². The number of rotatable bonds is 55. The average Bonchev–Trinajstić information content (AvgIpc) is 3.50. The van der Waals surface area contributed by atoms with E-state index in [4.69, 9.17) is 23.3 Å². The minimum atomic E-state index is -4.80. The molecule has 0 heterocycles. The van der Waals surface area contributed by atoms with E-state index in [1.807, 2.05) is 12.2 Å². The van der Waals surface area contributed by atoms with Crippen molar-refractivity contribution in [3.63, 3.8) is 0 Å². The van der Waals surface area contributed by atoms with E-state index in [-0.39, 0.29) is 25.9 Å². The summed E-state index contributed by atoms with van der Waals surface area (Å²) in [6, 6.07) is 0. The molecule has 0 aliphatic heterocycles. The molecule has 0 fully saturated rings. The fourth-order valence-electron chi connectivity index (χ4n) is 7.54. The number of carbonyl (C=O) groups is 3. The predicted molar refractivity (Wildman–Crippen MR) is 343 cm³/mol. The second-order valence-corrected chi connectivity index (χ2v) is 21.2. The van der Waals surface area contributed by atoms with Crippen molar-refractivity contribution in [3.8, 4) is 0 Å². The number of aliphatic hydroxyl groups is 1. The Balaban J connectivity index is 4.90. The van der Waals surface area contributed by atoms with Crippen LogP contribution in [0.3, 0.4) is 0 Å². The lowest BCUT2D eigenvalue weighted by molar-refractivity contribution is -0.161. The lowest BCUT2D eigenvalue weighted by Gasteiger charge is -2.21. The molecule has 0 amide bonds. The number of phosphoric ester groups is 1. The number of esters is 3. The first-order valence-corrected chi connectivity index (χ1v) is 32.5. The fourth-order valence-corrected chi connectivity index (χ4v) is 8.32. The molecule has 3 unspecified atom stereocenters. The SMILES string of the molecule is CC/C=C\C/C=C\C/C=C\C/C=C\C/C=C\C/C=C\CCC(=O)OC(COC(=O)CCCCCCCC/C=C\C/C=C\C/C=C\C/C=C\CC)COP(=O)(O)OCC(CO)OC(=O)CCCCCC/C=C\C/C=C\C/C=C\C/C=C\CC. The Morgan fingerprint density at radius 1 is 0.341 bits per heavy atom. The van der Waals surface area contributed by atoms with Crippen molar-refractivity contribution in [2.75, 3.05) is 26.4 Å². The van der Waals surface area contributed by atoms with Crippen LogP contribution in [-0.2, 0) is 42.2 Å². The van der Waals surface area contributed by atoms with Crippen LogP contribution in [0, 0.1) is 0 Å². The second-order valence-electron chi connectivity index (χ2n) is 19.7. The molecular formula is C70H109O11P. The van der Waals surface area contributed by atoms with Crippen LogP contribution in [0.15, 0.2) is 170 Å². The summed E-state index contributed by atoms with van der Waals surface area (Å²) in [4.78, 5) is 48.7. The van der Waals surface area contributed by atoms with Crippen LogP contribution in [0.4, 0.5) is 0 Å². The van der Waals surface area contributed by atoms with Crippen LogP contribution in [0.5, 0.6) is 0 Å². The van der Waals surface area contributed by atoms with E-state index in [0.29, 0.717) is 25.7 Å². The van der Waals surface area contributed by atoms with Gasteiger partial charge in [-0.15, -0.1) is 0 Å². The van der Waals surface area contributed by atoms with Gasteiger partial charge in [0.05, 0.1) is 19.8 Å². The van der Waals surface area contributed by atoms with Gasteiger partial charge in [-0.05, 0) is 135 Å². The summed E-state index contributed by atoms with van der Waals surface area (Å²) < 4.78 is 39.5. The third-order valence-electron chi connectivity index (χ3n) is 12.1. The smallest absolute Gasteiger partial charge is 0.462 e. The average molecular weight is 1160 g/mol. The molecule has 0 saturated carbocycles. The topological polar surface area (TPSA) is 155 Å². The zero-order valence-electron chi connectivity index (χ0n) is 50.9. The summed E-state index contributed by atoms with van der Waals surface area (Å²) in [5, 5.41) is 9.84. The van der Waals surface area contributed by atoms with E-state index in [1.54, 1.807) is 0 Å². The third kappa shape index (κ3) is 59.5. The lowest BCUT2D eigenvalue weighted by atomic mass is 10.1. The standard InChI is InChI=1S/C70H109O11P/c1-4-7-10-13-16-19-22-25-28-31-33-36-38-41-44-47-50-53-56-59-68(72)77-63-67(81-70(74)61-58-55-52-49-46-43-40-37-34-32-29-26-23-20-17-14-11-8-5-2)65-79-82(75,76)78-64-66(62-71)80-69(73)60-57-54-51-48-45-42-39-35-30-27-24-21-18-15-12-9-6-3/h7-12,16-21,25-30,33-34,36-37,39,42-43,46,52,55,66-67,71H,4-6,13-15,22-24,31-32,35,38,40-41,44-45,47-51,53-54,56-65H2,1-3H3,(H,75,76)/b10-7-,11-8-,12-9-,19-16-,20-17-,21-18-,28-25-,29-26-,30-27-,36-33-,37-34-,42-39-,46-43-,55-52-. The summed E-state index contributed by atoms with van der Waals surface area (Å²) in [5.41, 5.74) is 0. The van der Waals surface area contributed by atoms with Crippen molar-refractivity contribution >= 4 is 25.7 Å². The van der Waals surface area contributed by atoms with Crippen LogP contribution in [0.25, 0.3) is 0 Å². The van der Waals surface area contributed by atoms with E-state index in [1.165, 1.54) is 0 Å². The van der Waals surface area contributed by atoms with E-state index in [0.717, 1.165) is 148 Å². The molecule has 0 spiro atoms. The molecule has 0 radical (unpaired) electrons. The monoisotopic (exact) mass is 1160 g/mol. The highest BCUT2D eigenvalue weighted by atomic mass is 31.2. The zero-order valence-corrected chi connectivity index (χ0v) is 51.8. The summed E-state index contributed by atoms with van der Waals surface area (Å²) >= 11 is 0. The van der Waals surface area contributed by atoms with Gasteiger partial charge in [0, 0.05) is 19.3 Å². The van der Waals surface area contributed by atoms with Crippen molar-refractivity contribution in [2.24, 2.45) is 0 Å². The molecule has 0 rings (SSSR count). The molecule has 2 N–H and O–H groups in total. The minimum Gasteiger partial charge on any atom is -0.462 e. The van der Waals surface area contributed by atoms with Crippen molar-refractivity contribution in [3.05, 3.63) is 170 Å². The first-order chi connectivity index (χ1) is 40.2. The molecule has 0 aromatic rings. The van der Waals surface area contributed by atoms with Crippen molar-refractivity contribution in [1.29, 1.82) is 0 Å². The van der Waals surface area contributed by atoms with E-state index in [9.17, 15) is 28.9 Å². The van der Waals surface area contributed by atoms with Gasteiger partial charge in [0.1, 0.15) is 12.7 Å². The summed E-state index contributed by atoms with van der Waals surface area (Å²) in [5.74, 6) is -1.63. The molecule has 12 heteroatoms. The summed E-state index contributed by atoms with van der Waals surface area (Å²) in [6.45, 7) is 4.16. The lowest BCUT2D eigenvalue weighted by Crippen LogP contribution is -2.30. The Morgan fingerprint density at radius 3 is 0.988 bits per heavy atom. The molecule has 0 aromatic carbocycles. The van der Waals surface area contributed by atoms with E-state index < -0.39 is 57.8 Å². The molecule has 0 aromatic heterocycles. The largest absolute Gasteiger partial charge is 0.472 e. The molecule has 0 aliphatic carbocycles. The van der Waals surface area contributed by atoms with Gasteiger partial charge >= 0.3 is 25.7 Å². The first-order valence-electron chi connectivity index (χ1n) is 31.0. The minimum absolute atomic E-state index is 0.0267. The number of unbranched alkanes of at least 4 members (excludes halogenated alkanes) is 10. The van der Waals surface area contributed by atoms with Crippen LogP contribution in [0.1, 0.15) is 213 Å². The van der Waals surface area contributed by atoms with Crippen LogP contribution in [-0.4, -0.2) is 66.5 Å². The maximum Gasteiger partial charge on any atom is 0.472 e. The van der Waals surface area contributed by atoms with Crippen LogP contribution in [0.2, 0.25) is 0 Å². The number of allylic oxidation sites excluding steroid dienone is 28. The fraction of sp³-hybridized carbons (Fsp3) is 0.557. The molecule has 0 saturated heterocycles. The number of hydrogen-bond donors (Lipinski definition) is 2. The van der Waals surface area contributed by atoms with Gasteiger partial charge in [-0.2, -0.15) is 0 Å². The van der Waals surface area contributed by atoms with Crippen molar-refractivity contribution in [2.45, 2.75) is 226 Å². The predicted octanol–water partition coefficient (Wildman–Crippen LogP) is 19.0. The molecule has 0 bridgehead atoms. The van der Waals surface area contributed by atoms with Gasteiger partial charge < -0.3 is 24.2 Å². The Labute approximate surface area is 497 Å². The Hall–Kier alpha value is -5.16. The molecule has 11 nitrogen and oxygen atoms in total. The maximum atomic E-state index is 12.9. The molecular weight excluding hydrogens is 1050 g/mol. The van der Waals surface area contributed by atoms with Gasteiger partial charge in [-0.25, -0.2) is 4.57 Å². The van der Waals surface area contributed by atoms with Crippen molar-refractivity contribution in [1.82, 2.24) is 0 Å². The first kappa shape index (κ1) is 76.8. The number of phosphoric acid groups is 1. The Morgan fingerprint density at radius 2 is 0.622 bits per heavy atom. The quantitative estimate of drug-likeness (QED) is 0.0197. The van der Waals surface area contributed by atoms with E-state index >= 15 is 0 Å². The maximum absolute atomic E-state index is 12.9. The highest BCUT2D eigenvalue weighted by molar-refractivity contribution is 7.47. The van der Waals surface area contributed by atoms with Gasteiger partial charge in [0.15, 0.2) is 6.10 Å². The number of hydrogen-bond acceptors (Lipinski definition) is 10. The van der Waals surface area contributed by atoms with Crippen molar-refractivity contribution < 1.29 is 52.2 Å². The van der Waals surface area contributed by atoms with Crippen LogP contribution < -0.4 is 0 Å². The molecule has 3 atom stereocenters. The second kappa shape index (κ2) is 61.9. The number of carbonyl (C=O) groups excluding carboxylic acids is 3. The normalized spacial score (nSPS) is 14.5. The Bertz CT molecular complexity index is 2030. The van der Waals surface area contributed by atoms with Gasteiger partial charge in [0.25, 0.3) is 0 Å². The summed E-state index contributed by atoms with van der Waals surface area (Å²) in [6.07, 6.45) is 83.2. The summed E-state index contributed by atoms with van der Waals surface area (Å²) in [7, 11) is -4.80. The molecule has 82 heavy (non-hydrogen) atoms. The molecule has 460 valence electrons. The van der Waals surface area contributed by atoms with Gasteiger partial charge in [-0.3, -0.25) is 23.4 Å². The molecule has 0 aliphatic rings. The third-order valence-corrected chi connectivity index (χ3v) is 13.1. The Kier molecular flexibility index (Phi) is 58.0. The highest BCUT2D eigenvalue weighted by Crippen LogP contribution is 2.43. The zero-order chi connectivity index (χ0) is 59.8.